The summed E-state index contributed by atoms with van der Waals surface area (Å²) in [5.41, 5.74) is 0.361. The highest BCUT2D eigenvalue weighted by atomic mass is 35.5. The average molecular weight is 341 g/mol. The average Bonchev–Trinajstić information content (AvgIpc) is 2.48. The lowest BCUT2D eigenvalue weighted by Gasteiger charge is -2.36. The van der Waals surface area contributed by atoms with Crippen LogP contribution in [0.3, 0.4) is 0 Å². The minimum Gasteiger partial charge on any atom is -0.444 e. The maximum atomic E-state index is 12.3. The first kappa shape index (κ1) is 17.9. The number of carbonyl (C=O) groups excluding carboxylic acids is 1. The van der Waals surface area contributed by atoms with Crippen molar-refractivity contribution >= 4 is 17.7 Å². The molecule has 1 aromatic rings. The third kappa shape index (κ3) is 5.95. The quantitative estimate of drug-likeness (QED) is 0.912. The number of nitrogens with one attached hydrogen (secondary N) is 1. The first-order valence-electron chi connectivity index (χ1n) is 8.03. The number of aromatic nitrogens is 2. The van der Waals surface area contributed by atoms with Crippen LogP contribution in [0.25, 0.3) is 0 Å². The van der Waals surface area contributed by atoms with Gasteiger partial charge in [0.05, 0.1) is 5.69 Å². The summed E-state index contributed by atoms with van der Waals surface area (Å²) < 4.78 is 5.51. The highest BCUT2D eigenvalue weighted by Gasteiger charge is 2.30. The lowest BCUT2D eigenvalue weighted by atomic mass is 10.0. The van der Waals surface area contributed by atoms with E-state index in [1.807, 2.05) is 31.7 Å². The third-order valence-corrected chi connectivity index (χ3v) is 3.83. The molecule has 128 valence electrons. The van der Waals surface area contributed by atoms with Crippen LogP contribution in [0.4, 0.5) is 4.79 Å². The van der Waals surface area contributed by atoms with Gasteiger partial charge in [-0.3, -0.25) is 0 Å². The molecule has 1 aliphatic rings. The predicted molar refractivity (Wildman–Crippen MR) is 89.3 cm³/mol. The molecule has 1 aromatic heterocycles. The van der Waals surface area contributed by atoms with Gasteiger partial charge in [-0.1, -0.05) is 11.6 Å². The number of rotatable bonds is 4. The van der Waals surface area contributed by atoms with Crippen LogP contribution >= 0.6 is 11.6 Å². The summed E-state index contributed by atoms with van der Waals surface area (Å²) in [6, 6.07) is 3.72. The van der Waals surface area contributed by atoms with Crippen LogP contribution in [-0.4, -0.2) is 45.9 Å². The van der Waals surface area contributed by atoms with Crippen molar-refractivity contribution in [3.8, 4) is 0 Å². The second-order valence-electron chi connectivity index (χ2n) is 6.80. The van der Waals surface area contributed by atoms with E-state index in [1.54, 1.807) is 6.07 Å². The Hall–Kier alpha value is -1.40. The van der Waals surface area contributed by atoms with Crippen LogP contribution in [0.1, 0.15) is 45.7 Å². The van der Waals surface area contributed by atoms with Crippen LogP contribution in [0.2, 0.25) is 5.15 Å². The van der Waals surface area contributed by atoms with Crippen molar-refractivity contribution in [1.29, 1.82) is 0 Å². The molecule has 1 saturated heterocycles. The maximum absolute atomic E-state index is 12.3. The van der Waals surface area contributed by atoms with Gasteiger partial charge in [0.1, 0.15) is 5.60 Å². The number of nitrogens with zero attached hydrogens (tertiary/aromatic N) is 3. The zero-order valence-corrected chi connectivity index (χ0v) is 14.8. The largest absolute Gasteiger partial charge is 0.444 e. The van der Waals surface area contributed by atoms with Crippen molar-refractivity contribution in [2.24, 2.45) is 0 Å². The molecule has 0 radical (unpaired) electrons. The molecule has 1 N–H and O–H groups in total. The summed E-state index contributed by atoms with van der Waals surface area (Å²) in [6.45, 7) is 7.73. The van der Waals surface area contributed by atoms with E-state index >= 15 is 0 Å². The van der Waals surface area contributed by atoms with Gasteiger partial charge in [0.25, 0.3) is 0 Å². The summed E-state index contributed by atoms with van der Waals surface area (Å²) >= 11 is 5.72. The minimum atomic E-state index is -0.467. The monoisotopic (exact) mass is 340 g/mol. The van der Waals surface area contributed by atoms with Gasteiger partial charge >= 0.3 is 6.09 Å². The molecule has 1 amide bonds. The molecule has 0 aliphatic carbocycles. The van der Waals surface area contributed by atoms with E-state index in [9.17, 15) is 4.79 Å². The number of ether oxygens (including phenoxy) is 1. The molecule has 2 rings (SSSR count). The summed E-state index contributed by atoms with van der Waals surface area (Å²) in [5.74, 6) is 0. The number of hydrogen-bond donors (Lipinski definition) is 1. The Kier molecular flexibility index (Phi) is 6.18. The maximum Gasteiger partial charge on any atom is 0.410 e. The fourth-order valence-electron chi connectivity index (χ4n) is 2.58. The molecule has 0 bridgehead atoms. The number of piperidine rings is 1. The van der Waals surface area contributed by atoms with Crippen molar-refractivity contribution in [3.05, 3.63) is 23.0 Å². The lowest BCUT2D eigenvalue weighted by Crippen LogP contribution is -2.50. The molecule has 1 atom stereocenters. The molecule has 1 fully saturated rings. The van der Waals surface area contributed by atoms with Gasteiger partial charge < -0.3 is 15.0 Å². The fraction of sp³-hybridized carbons (Fsp3) is 0.688. The van der Waals surface area contributed by atoms with Gasteiger partial charge in [0.15, 0.2) is 5.15 Å². The van der Waals surface area contributed by atoms with Crippen molar-refractivity contribution in [3.63, 3.8) is 0 Å². The zero-order chi connectivity index (χ0) is 16.9. The van der Waals surface area contributed by atoms with Crippen LogP contribution in [0.5, 0.6) is 0 Å². The van der Waals surface area contributed by atoms with E-state index in [4.69, 9.17) is 16.3 Å². The van der Waals surface area contributed by atoms with Crippen molar-refractivity contribution in [2.45, 2.75) is 58.2 Å². The molecule has 2 heterocycles. The van der Waals surface area contributed by atoms with Gasteiger partial charge in [0, 0.05) is 25.7 Å². The predicted octanol–water partition coefficient (Wildman–Crippen LogP) is 3.01. The van der Waals surface area contributed by atoms with Gasteiger partial charge in [-0.2, -0.15) is 5.10 Å². The van der Waals surface area contributed by atoms with Crippen molar-refractivity contribution in [2.75, 3.05) is 13.1 Å². The Balaban J connectivity index is 1.86. The van der Waals surface area contributed by atoms with E-state index in [2.05, 4.69) is 15.5 Å². The molecule has 0 aromatic carbocycles. The molecule has 7 heteroatoms. The highest BCUT2D eigenvalue weighted by molar-refractivity contribution is 6.29. The van der Waals surface area contributed by atoms with Crippen LogP contribution in [0, 0.1) is 0 Å². The van der Waals surface area contributed by atoms with E-state index in [0.717, 1.165) is 31.5 Å². The summed E-state index contributed by atoms with van der Waals surface area (Å²) in [6.07, 6.45) is 2.92. The molecular weight excluding hydrogens is 316 g/mol. The third-order valence-electron chi connectivity index (χ3n) is 3.63. The smallest absolute Gasteiger partial charge is 0.410 e. The number of halogens is 1. The lowest BCUT2D eigenvalue weighted by molar-refractivity contribution is 0.00993. The fourth-order valence-corrected chi connectivity index (χ4v) is 2.68. The van der Waals surface area contributed by atoms with Crippen molar-refractivity contribution in [1.82, 2.24) is 20.4 Å². The minimum absolute atomic E-state index is 0.152. The Morgan fingerprint density at radius 3 is 2.83 bits per heavy atom. The first-order chi connectivity index (χ1) is 10.8. The molecule has 0 spiro atoms. The first-order valence-corrected chi connectivity index (χ1v) is 8.41. The van der Waals surface area contributed by atoms with Crippen molar-refractivity contribution < 1.29 is 9.53 Å². The molecule has 6 nitrogen and oxygen atoms in total. The van der Waals surface area contributed by atoms with Gasteiger partial charge in [0.2, 0.25) is 0 Å². The van der Waals surface area contributed by atoms with E-state index in [0.29, 0.717) is 18.2 Å². The number of carbonyl (C=O) groups is 1. The zero-order valence-electron chi connectivity index (χ0n) is 14.0. The standard InChI is InChI=1S/C16H25ClN4O2/c1-16(2,3)23-15(22)21-9-5-4-6-13(21)11-18-10-12-7-8-14(17)20-19-12/h7-8,13,18H,4-6,9-11H2,1-3H3/t13-/m1/s1. The summed E-state index contributed by atoms with van der Waals surface area (Å²) in [5, 5.41) is 11.6. The van der Waals surface area contributed by atoms with Gasteiger partial charge in [-0.05, 0) is 52.2 Å². The Bertz CT molecular complexity index is 516. The normalized spacial score (nSPS) is 18.8. The Morgan fingerprint density at radius 1 is 1.39 bits per heavy atom. The number of likely N-dealkylation sites (tertiary alicyclic amines) is 1. The SMILES string of the molecule is CC(C)(C)OC(=O)N1CCCC[C@@H]1CNCc1ccc(Cl)nn1. The molecule has 1 aliphatic heterocycles. The molecule has 23 heavy (non-hydrogen) atoms. The molecule has 0 unspecified atom stereocenters. The van der Waals surface area contributed by atoms with E-state index < -0.39 is 5.60 Å². The Labute approximate surface area is 142 Å². The Morgan fingerprint density at radius 2 is 2.17 bits per heavy atom. The van der Waals surface area contributed by atoms with E-state index in [-0.39, 0.29) is 12.1 Å². The van der Waals surface area contributed by atoms with Gasteiger partial charge in [-0.15, -0.1) is 5.10 Å². The number of amides is 1. The topological polar surface area (TPSA) is 67.3 Å². The van der Waals surface area contributed by atoms with E-state index in [1.165, 1.54) is 0 Å². The summed E-state index contributed by atoms with van der Waals surface area (Å²) in [7, 11) is 0. The van der Waals surface area contributed by atoms with Crippen LogP contribution in [-0.2, 0) is 11.3 Å². The highest BCUT2D eigenvalue weighted by Crippen LogP contribution is 2.20. The van der Waals surface area contributed by atoms with Crippen LogP contribution in [0.15, 0.2) is 12.1 Å². The van der Waals surface area contributed by atoms with Crippen LogP contribution < -0.4 is 5.32 Å². The second kappa shape index (κ2) is 7.93. The second-order valence-corrected chi connectivity index (χ2v) is 7.19. The summed E-state index contributed by atoms with van der Waals surface area (Å²) in [4.78, 5) is 14.2. The molecular formula is C16H25ClN4O2. The molecule has 0 saturated carbocycles. The number of hydrogen-bond acceptors (Lipinski definition) is 5. The van der Waals surface area contributed by atoms with Gasteiger partial charge in [-0.25, -0.2) is 4.79 Å².